The van der Waals surface area contributed by atoms with Crippen molar-refractivity contribution in [2.75, 3.05) is 31.6 Å². The number of pyridine rings is 2. The van der Waals surface area contributed by atoms with E-state index in [9.17, 15) is 15.0 Å². The summed E-state index contributed by atoms with van der Waals surface area (Å²) in [4.78, 5) is 27.7. The third-order valence-corrected chi connectivity index (χ3v) is 8.14. The number of carbonyl (C=O) groups is 1. The number of aliphatic hydroxyl groups is 1. The van der Waals surface area contributed by atoms with Crippen molar-refractivity contribution in [1.29, 1.82) is 0 Å². The van der Waals surface area contributed by atoms with Gasteiger partial charge in [-0.05, 0) is 83.2 Å². The largest absolute Gasteiger partial charge is 0.465 e. The van der Waals surface area contributed by atoms with Gasteiger partial charge in [-0.2, -0.15) is 0 Å². The minimum absolute atomic E-state index is 0.102. The third kappa shape index (κ3) is 5.09. The van der Waals surface area contributed by atoms with Gasteiger partial charge in [-0.3, -0.25) is 14.3 Å². The number of anilines is 1. The van der Waals surface area contributed by atoms with Crippen LogP contribution in [0.3, 0.4) is 0 Å². The lowest BCUT2D eigenvalue weighted by Gasteiger charge is -2.35. The fourth-order valence-corrected chi connectivity index (χ4v) is 6.17. The van der Waals surface area contributed by atoms with Gasteiger partial charge in [-0.25, -0.2) is 9.78 Å². The van der Waals surface area contributed by atoms with E-state index in [0.717, 1.165) is 67.3 Å². The average molecular weight is 521 g/mol. The molecule has 9 heteroatoms. The molecule has 0 unspecified atom stereocenters. The van der Waals surface area contributed by atoms with Crippen LogP contribution in [0.1, 0.15) is 68.7 Å². The van der Waals surface area contributed by atoms with E-state index in [-0.39, 0.29) is 18.6 Å². The van der Waals surface area contributed by atoms with Crippen LogP contribution in [0.5, 0.6) is 0 Å². The summed E-state index contributed by atoms with van der Waals surface area (Å²) in [5.74, 6) is 1.24. The predicted molar refractivity (Wildman–Crippen MR) is 147 cm³/mol. The lowest BCUT2D eigenvalue weighted by Crippen LogP contribution is -2.47. The molecule has 2 N–H and O–H groups in total. The zero-order valence-corrected chi connectivity index (χ0v) is 23.0. The van der Waals surface area contributed by atoms with Crippen molar-refractivity contribution in [2.45, 2.75) is 71.2 Å². The number of fused-ring (bicyclic) bond motifs is 2. The van der Waals surface area contributed by atoms with E-state index in [1.807, 2.05) is 45.2 Å². The molecule has 0 bridgehead atoms. The Morgan fingerprint density at radius 2 is 2.00 bits per heavy atom. The van der Waals surface area contributed by atoms with Gasteiger partial charge in [0.2, 0.25) is 0 Å². The van der Waals surface area contributed by atoms with Crippen LogP contribution in [0.2, 0.25) is 0 Å². The molecule has 204 valence electrons. The fourth-order valence-electron chi connectivity index (χ4n) is 6.17. The second-order valence-corrected chi connectivity index (χ2v) is 11.8. The molecule has 0 radical (unpaired) electrons. The zero-order valence-electron chi connectivity index (χ0n) is 23.0. The van der Waals surface area contributed by atoms with Crippen LogP contribution in [0.4, 0.5) is 10.6 Å². The maximum absolute atomic E-state index is 11.9. The number of hydrogen-bond donors (Lipinski definition) is 2. The van der Waals surface area contributed by atoms with Gasteiger partial charge in [0.05, 0.1) is 29.7 Å². The Morgan fingerprint density at radius 1 is 1.18 bits per heavy atom. The Labute approximate surface area is 224 Å². The third-order valence-electron chi connectivity index (χ3n) is 8.14. The molecule has 1 amide bonds. The van der Waals surface area contributed by atoms with Crippen molar-refractivity contribution in [2.24, 2.45) is 5.92 Å². The van der Waals surface area contributed by atoms with Gasteiger partial charge in [0, 0.05) is 37.9 Å². The lowest BCUT2D eigenvalue weighted by molar-refractivity contribution is 0.0908. The van der Waals surface area contributed by atoms with E-state index in [1.54, 1.807) is 4.90 Å². The van der Waals surface area contributed by atoms with Crippen molar-refractivity contribution in [3.05, 3.63) is 59.2 Å². The standard InChI is InChI=1S/C29H40N6O3/c1-29(2,3)34(28(37)38)17-20-13-15-33(16-20)26-12-6-11-25-31-22(24(19-36)35(25)26)18-32(4)23-10-5-8-21-9-7-14-30-27(21)23/h6-7,9,11-12,14,20,23,36H,5,8,10,13,15-19H2,1-4H3,(H,37,38)/t20-,23+/m1/s1. The zero-order chi connectivity index (χ0) is 27.0. The van der Waals surface area contributed by atoms with Gasteiger partial charge >= 0.3 is 6.09 Å². The molecule has 1 fully saturated rings. The van der Waals surface area contributed by atoms with E-state index < -0.39 is 11.6 Å². The van der Waals surface area contributed by atoms with Crippen LogP contribution >= 0.6 is 0 Å². The minimum atomic E-state index is -0.875. The predicted octanol–water partition coefficient (Wildman–Crippen LogP) is 4.34. The smallest absolute Gasteiger partial charge is 0.407 e. The highest BCUT2D eigenvalue weighted by molar-refractivity contribution is 5.66. The molecule has 0 aromatic carbocycles. The van der Waals surface area contributed by atoms with E-state index >= 15 is 0 Å². The van der Waals surface area contributed by atoms with E-state index in [1.165, 1.54) is 5.56 Å². The Morgan fingerprint density at radius 3 is 2.74 bits per heavy atom. The lowest BCUT2D eigenvalue weighted by atomic mass is 9.91. The molecule has 9 nitrogen and oxygen atoms in total. The number of hydrogen-bond acceptors (Lipinski definition) is 6. The Bertz CT molecular complexity index is 1300. The second kappa shape index (κ2) is 10.5. The van der Waals surface area contributed by atoms with Crippen LogP contribution < -0.4 is 4.90 Å². The van der Waals surface area contributed by atoms with Gasteiger partial charge < -0.3 is 20.0 Å². The maximum atomic E-state index is 11.9. The molecule has 1 aliphatic heterocycles. The van der Waals surface area contributed by atoms with Gasteiger partial charge in [0.25, 0.3) is 0 Å². The van der Waals surface area contributed by atoms with Crippen molar-refractivity contribution in [1.82, 2.24) is 24.2 Å². The quantitative estimate of drug-likeness (QED) is 0.478. The highest BCUT2D eigenvalue weighted by Gasteiger charge is 2.33. The first-order chi connectivity index (χ1) is 18.2. The molecule has 2 atom stereocenters. The summed E-state index contributed by atoms with van der Waals surface area (Å²) >= 11 is 0. The Balaban J connectivity index is 1.38. The number of imidazole rings is 1. The summed E-state index contributed by atoms with van der Waals surface area (Å²) in [7, 11) is 2.12. The van der Waals surface area contributed by atoms with Gasteiger partial charge in [-0.15, -0.1) is 0 Å². The number of aromatic nitrogens is 3. The van der Waals surface area contributed by atoms with Crippen LogP contribution in [0.25, 0.3) is 5.65 Å². The maximum Gasteiger partial charge on any atom is 0.407 e. The number of rotatable bonds is 7. The van der Waals surface area contributed by atoms with E-state index in [0.29, 0.717) is 13.1 Å². The fraction of sp³-hybridized carbons (Fsp3) is 0.552. The number of aliphatic hydroxyl groups excluding tert-OH is 1. The summed E-state index contributed by atoms with van der Waals surface area (Å²) in [5.41, 5.74) is 4.55. The highest BCUT2D eigenvalue weighted by atomic mass is 16.4. The first-order valence-corrected chi connectivity index (χ1v) is 13.7. The van der Waals surface area contributed by atoms with Crippen molar-refractivity contribution >= 4 is 17.6 Å². The van der Waals surface area contributed by atoms with Crippen molar-refractivity contribution < 1.29 is 15.0 Å². The molecular formula is C29H40N6O3. The molecule has 3 aromatic heterocycles. The average Bonchev–Trinajstić information content (AvgIpc) is 3.50. The van der Waals surface area contributed by atoms with Crippen LogP contribution in [0, 0.1) is 5.92 Å². The molecule has 3 aromatic rings. The number of nitrogens with zero attached hydrogens (tertiary/aromatic N) is 6. The van der Waals surface area contributed by atoms with Gasteiger partial charge in [0.1, 0.15) is 11.5 Å². The highest BCUT2D eigenvalue weighted by Crippen LogP contribution is 2.34. The Kier molecular flexibility index (Phi) is 7.33. The molecule has 0 saturated carbocycles. The van der Waals surface area contributed by atoms with Crippen molar-refractivity contribution in [3.63, 3.8) is 0 Å². The summed E-state index contributed by atoms with van der Waals surface area (Å²) in [6, 6.07) is 10.5. The number of carboxylic acid groups (broad SMARTS) is 1. The first kappa shape index (κ1) is 26.4. The SMILES string of the molecule is CN(Cc1nc2cccc(N3CC[C@@H](CN(C(=O)O)C(C)(C)C)C3)n2c1CO)[C@H]1CCCc2cccnc21. The summed E-state index contributed by atoms with van der Waals surface area (Å²) < 4.78 is 2.08. The molecule has 4 heterocycles. The van der Waals surface area contributed by atoms with E-state index in [2.05, 4.69) is 33.4 Å². The monoisotopic (exact) mass is 520 g/mol. The summed E-state index contributed by atoms with van der Waals surface area (Å²) in [6.45, 7) is 8.45. The minimum Gasteiger partial charge on any atom is -0.465 e. The second-order valence-electron chi connectivity index (χ2n) is 11.8. The van der Waals surface area contributed by atoms with Crippen molar-refractivity contribution in [3.8, 4) is 0 Å². The van der Waals surface area contributed by atoms with Crippen LogP contribution in [-0.2, 0) is 19.6 Å². The normalized spacial score (nSPS) is 19.8. The number of aryl methyl sites for hydroxylation is 1. The summed E-state index contributed by atoms with van der Waals surface area (Å²) in [5, 5.41) is 20.2. The Hall–Kier alpha value is -3.17. The topological polar surface area (TPSA) is 97.4 Å². The molecule has 1 aliphatic carbocycles. The first-order valence-electron chi connectivity index (χ1n) is 13.7. The molecule has 0 spiro atoms. The molecular weight excluding hydrogens is 480 g/mol. The van der Waals surface area contributed by atoms with Crippen LogP contribution in [0.15, 0.2) is 36.5 Å². The summed E-state index contributed by atoms with van der Waals surface area (Å²) in [6.07, 6.45) is 5.19. The molecule has 5 rings (SSSR count). The molecule has 2 aliphatic rings. The van der Waals surface area contributed by atoms with E-state index in [4.69, 9.17) is 9.97 Å². The van der Waals surface area contributed by atoms with Gasteiger partial charge in [0.15, 0.2) is 0 Å². The van der Waals surface area contributed by atoms with Crippen LogP contribution in [-0.4, -0.2) is 72.7 Å². The number of amides is 1. The molecule has 38 heavy (non-hydrogen) atoms. The molecule has 1 saturated heterocycles. The van der Waals surface area contributed by atoms with Gasteiger partial charge in [-0.1, -0.05) is 12.1 Å².